The van der Waals surface area contributed by atoms with E-state index in [0.29, 0.717) is 12.8 Å². The Balaban J connectivity index is 1.74. The summed E-state index contributed by atoms with van der Waals surface area (Å²) >= 11 is 0. The average Bonchev–Trinajstić information content (AvgIpc) is 3.16. The van der Waals surface area contributed by atoms with Gasteiger partial charge in [0.2, 0.25) is 12.2 Å². The fraction of sp³-hybridized carbons (Fsp3) is 0.286. The third kappa shape index (κ3) is 2.19. The molecule has 0 aliphatic carbocycles. The molecule has 6 heteroatoms. The maximum Gasteiger partial charge on any atom is 0.218 e. The first-order valence-electron chi connectivity index (χ1n) is 6.15. The summed E-state index contributed by atoms with van der Waals surface area (Å²) in [5.74, 6) is 0. The summed E-state index contributed by atoms with van der Waals surface area (Å²) in [5, 5.41) is 25.3. The molecule has 0 amide bonds. The van der Waals surface area contributed by atoms with Crippen molar-refractivity contribution in [3.05, 3.63) is 35.4 Å². The number of oxime groups is 2. The first kappa shape index (κ1) is 12.2. The maximum atomic E-state index is 8.76. The number of rotatable bonds is 2. The second-order valence-electron chi connectivity index (χ2n) is 4.51. The molecule has 0 spiro atoms. The van der Waals surface area contributed by atoms with Crippen LogP contribution < -0.4 is 0 Å². The van der Waals surface area contributed by atoms with Gasteiger partial charge in [0.05, 0.1) is 11.4 Å². The van der Waals surface area contributed by atoms with Gasteiger partial charge in [-0.3, -0.25) is 0 Å². The third-order valence-electron chi connectivity index (χ3n) is 3.18. The van der Waals surface area contributed by atoms with Crippen molar-refractivity contribution < 1.29 is 9.68 Å². The van der Waals surface area contributed by atoms with Gasteiger partial charge >= 0.3 is 0 Å². The number of hydrogen-bond acceptors (Lipinski definition) is 6. The predicted molar refractivity (Wildman–Crippen MR) is 69.7 cm³/mol. The Labute approximate surface area is 115 Å². The molecule has 0 radical (unpaired) electrons. The number of hydrogen-bond donors (Lipinski definition) is 0. The average molecular weight is 266 g/mol. The van der Waals surface area contributed by atoms with Crippen LogP contribution in [0.15, 0.2) is 34.6 Å². The molecule has 3 rings (SSSR count). The third-order valence-corrected chi connectivity index (χ3v) is 3.18. The zero-order chi connectivity index (χ0) is 13.9. The highest BCUT2D eigenvalue weighted by Crippen LogP contribution is 2.19. The van der Waals surface area contributed by atoms with Crippen LogP contribution in [0.5, 0.6) is 0 Å². The molecule has 98 valence electrons. The van der Waals surface area contributed by atoms with Crippen LogP contribution in [0, 0.1) is 22.7 Å². The minimum atomic E-state index is -0.492. The highest BCUT2D eigenvalue weighted by molar-refractivity contribution is 6.04. The number of nitriles is 2. The molecule has 0 bridgehead atoms. The summed E-state index contributed by atoms with van der Waals surface area (Å²) < 4.78 is 0. The predicted octanol–water partition coefficient (Wildman–Crippen LogP) is 1.72. The summed E-state index contributed by atoms with van der Waals surface area (Å²) in [7, 11) is 0. The fourth-order valence-electron chi connectivity index (χ4n) is 2.09. The molecule has 0 saturated carbocycles. The summed E-state index contributed by atoms with van der Waals surface area (Å²) in [6.07, 6.45) is 0.00893. The van der Waals surface area contributed by atoms with E-state index in [2.05, 4.69) is 10.3 Å². The van der Waals surface area contributed by atoms with E-state index < -0.39 is 12.2 Å². The molecule has 20 heavy (non-hydrogen) atoms. The van der Waals surface area contributed by atoms with Crippen LogP contribution >= 0.6 is 0 Å². The molecule has 0 N–H and O–H groups in total. The van der Waals surface area contributed by atoms with E-state index in [1.54, 1.807) is 0 Å². The van der Waals surface area contributed by atoms with Crippen LogP contribution in [0.4, 0.5) is 0 Å². The zero-order valence-corrected chi connectivity index (χ0v) is 10.5. The Kier molecular flexibility index (Phi) is 3.06. The molecule has 1 aromatic rings. The Morgan fingerprint density at radius 3 is 1.55 bits per heavy atom. The molecule has 2 unspecified atom stereocenters. The van der Waals surface area contributed by atoms with Crippen LogP contribution in [-0.4, -0.2) is 23.6 Å². The van der Waals surface area contributed by atoms with Gasteiger partial charge in [-0.25, -0.2) is 0 Å². The molecule has 2 aliphatic rings. The van der Waals surface area contributed by atoms with E-state index in [1.165, 1.54) is 0 Å². The van der Waals surface area contributed by atoms with Crippen LogP contribution in [0.3, 0.4) is 0 Å². The van der Waals surface area contributed by atoms with Crippen molar-refractivity contribution in [1.29, 1.82) is 10.5 Å². The molecule has 6 nitrogen and oxygen atoms in total. The van der Waals surface area contributed by atoms with Crippen LogP contribution in [0.25, 0.3) is 0 Å². The van der Waals surface area contributed by atoms with Gasteiger partial charge in [-0.05, 0) is 11.1 Å². The normalized spacial score (nSPS) is 23.9. The second-order valence-corrected chi connectivity index (χ2v) is 4.51. The summed E-state index contributed by atoms with van der Waals surface area (Å²) in [6.45, 7) is 0. The van der Waals surface area contributed by atoms with Gasteiger partial charge in [-0.15, -0.1) is 0 Å². The van der Waals surface area contributed by atoms with Crippen molar-refractivity contribution in [3.8, 4) is 12.1 Å². The smallest absolute Gasteiger partial charge is 0.218 e. The monoisotopic (exact) mass is 266 g/mol. The Morgan fingerprint density at radius 1 is 0.850 bits per heavy atom. The molecular formula is C14H10N4O2. The van der Waals surface area contributed by atoms with Crippen molar-refractivity contribution in [3.63, 3.8) is 0 Å². The van der Waals surface area contributed by atoms with Crippen molar-refractivity contribution >= 4 is 11.4 Å². The quantitative estimate of drug-likeness (QED) is 0.814. The molecule has 0 fully saturated rings. The molecule has 2 atom stereocenters. The Hall–Kier alpha value is -2.86. The van der Waals surface area contributed by atoms with Gasteiger partial charge in [0.25, 0.3) is 0 Å². The van der Waals surface area contributed by atoms with Crippen molar-refractivity contribution in [1.82, 2.24) is 0 Å². The molecule has 0 aromatic heterocycles. The number of nitrogens with zero attached hydrogens (tertiary/aromatic N) is 4. The lowest BCUT2D eigenvalue weighted by Crippen LogP contribution is -2.07. The Bertz CT molecular complexity index is 605. The summed E-state index contributed by atoms with van der Waals surface area (Å²) in [6, 6.07) is 11.7. The Morgan fingerprint density at radius 2 is 1.25 bits per heavy atom. The topological polar surface area (TPSA) is 90.8 Å². The first-order valence-corrected chi connectivity index (χ1v) is 6.15. The van der Waals surface area contributed by atoms with Crippen molar-refractivity contribution in [2.75, 3.05) is 0 Å². The lowest BCUT2D eigenvalue weighted by Gasteiger charge is -2.01. The standard InChI is InChI=1S/C14H10N4O2/c15-7-11-5-13(17-19-11)9-1-2-10(4-3-9)14-6-12(8-16)20-18-14/h1-4,11-12H,5-6H2. The van der Waals surface area contributed by atoms with Gasteiger partial charge < -0.3 is 9.68 Å². The minimum absolute atomic E-state index is 0.492. The van der Waals surface area contributed by atoms with Gasteiger partial charge in [0.1, 0.15) is 12.1 Å². The van der Waals surface area contributed by atoms with Gasteiger partial charge in [0, 0.05) is 12.8 Å². The first-order chi connectivity index (χ1) is 9.80. The minimum Gasteiger partial charge on any atom is -0.376 e. The highest BCUT2D eigenvalue weighted by Gasteiger charge is 2.23. The SMILES string of the molecule is N#CC1CC(c2ccc(C3=NOC(C#N)C3)cc2)=NO1. The number of benzene rings is 1. The molecule has 2 heterocycles. The van der Waals surface area contributed by atoms with E-state index in [1.807, 2.05) is 36.4 Å². The maximum absolute atomic E-state index is 8.76. The molecule has 2 aliphatic heterocycles. The lowest BCUT2D eigenvalue weighted by atomic mass is 10.0. The summed E-state index contributed by atoms with van der Waals surface area (Å²) in [4.78, 5) is 9.95. The van der Waals surface area contributed by atoms with Crippen molar-refractivity contribution in [2.45, 2.75) is 25.0 Å². The lowest BCUT2D eigenvalue weighted by molar-refractivity contribution is 0.125. The van der Waals surface area contributed by atoms with E-state index in [4.69, 9.17) is 20.2 Å². The fourth-order valence-corrected chi connectivity index (χ4v) is 2.09. The molecule has 0 saturated heterocycles. The second kappa shape index (κ2) is 5.02. The zero-order valence-electron chi connectivity index (χ0n) is 10.5. The molecular weight excluding hydrogens is 256 g/mol. The van der Waals surface area contributed by atoms with Gasteiger partial charge in [-0.1, -0.05) is 34.6 Å². The van der Waals surface area contributed by atoms with Crippen LogP contribution in [0.2, 0.25) is 0 Å². The summed E-state index contributed by atoms with van der Waals surface area (Å²) in [5.41, 5.74) is 3.37. The van der Waals surface area contributed by atoms with Crippen molar-refractivity contribution in [2.24, 2.45) is 10.3 Å². The largest absolute Gasteiger partial charge is 0.376 e. The van der Waals surface area contributed by atoms with E-state index in [9.17, 15) is 0 Å². The van der Waals surface area contributed by atoms with E-state index in [-0.39, 0.29) is 0 Å². The van der Waals surface area contributed by atoms with Gasteiger partial charge in [0.15, 0.2) is 0 Å². The molecule has 1 aromatic carbocycles. The van der Waals surface area contributed by atoms with Crippen LogP contribution in [-0.2, 0) is 9.68 Å². The van der Waals surface area contributed by atoms with Crippen LogP contribution in [0.1, 0.15) is 24.0 Å². The van der Waals surface area contributed by atoms with Gasteiger partial charge in [-0.2, -0.15) is 10.5 Å². The van der Waals surface area contributed by atoms with E-state index >= 15 is 0 Å². The highest BCUT2D eigenvalue weighted by atomic mass is 16.6. The van der Waals surface area contributed by atoms with E-state index in [0.717, 1.165) is 22.6 Å².